The molecule has 0 aromatic heterocycles. The van der Waals surface area contributed by atoms with Crippen LogP contribution in [0.2, 0.25) is 0 Å². The van der Waals surface area contributed by atoms with Gasteiger partial charge < -0.3 is 0 Å². The second-order valence-electron chi connectivity index (χ2n) is 4.20. The van der Waals surface area contributed by atoms with E-state index in [1.165, 1.54) is 30.5 Å². The Kier molecular flexibility index (Phi) is 3.42. The first-order chi connectivity index (χ1) is 7.16. The van der Waals surface area contributed by atoms with Crippen molar-refractivity contribution in [2.45, 2.75) is 32.4 Å². The van der Waals surface area contributed by atoms with Gasteiger partial charge in [-0.05, 0) is 44.0 Å². The van der Waals surface area contributed by atoms with Crippen molar-refractivity contribution in [1.29, 1.82) is 0 Å². The highest BCUT2D eigenvalue weighted by Crippen LogP contribution is 2.24. The summed E-state index contributed by atoms with van der Waals surface area (Å²) in [6.07, 6.45) is 2.55. The van der Waals surface area contributed by atoms with Gasteiger partial charge in [-0.25, -0.2) is 4.39 Å². The minimum Gasteiger partial charge on any atom is -0.296 e. The Hall–Kier alpha value is -0.410. The van der Waals surface area contributed by atoms with Gasteiger partial charge in [0, 0.05) is 17.1 Å². The first-order valence-electron chi connectivity index (χ1n) is 5.35. The minimum absolute atomic E-state index is 0.180. The number of benzene rings is 1. The summed E-state index contributed by atoms with van der Waals surface area (Å²) in [6.45, 7) is 4.33. The smallest absolute Gasteiger partial charge is 0.124 e. The third kappa shape index (κ3) is 2.58. The average molecular weight is 272 g/mol. The Bertz CT molecular complexity index is 353. The maximum atomic E-state index is 12.9. The maximum absolute atomic E-state index is 12.9. The summed E-state index contributed by atoms with van der Waals surface area (Å²) in [5, 5.41) is 0. The van der Waals surface area contributed by atoms with E-state index in [0.29, 0.717) is 6.04 Å². The fraction of sp³-hybridized carbons (Fsp3) is 0.500. The van der Waals surface area contributed by atoms with Gasteiger partial charge in [-0.1, -0.05) is 22.0 Å². The van der Waals surface area contributed by atoms with Crippen LogP contribution in [0.5, 0.6) is 0 Å². The van der Waals surface area contributed by atoms with Crippen LogP contribution < -0.4 is 0 Å². The molecular weight excluding hydrogens is 257 g/mol. The predicted molar refractivity (Wildman–Crippen MR) is 63.2 cm³/mol. The zero-order valence-corrected chi connectivity index (χ0v) is 10.4. The van der Waals surface area contributed by atoms with E-state index in [2.05, 4.69) is 27.8 Å². The molecule has 0 N–H and O–H groups in total. The predicted octanol–water partition coefficient (Wildman–Crippen LogP) is 3.57. The van der Waals surface area contributed by atoms with Gasteiger partial charge in [-0.3, -0.25) is 4.90 Å². The van der Waals surface area contributed by atoms with Crippen molar-refractivity contribution in [2.24, 2.45) is 0 Å². The molecule has 1 aromatic rings. The van der Waals surface area contributed by atoms with Gasteiger partial charge in [0.05, 0.1) is 0 Å². The fourth-order valence-corrected chi connectivity index (χ4v) is 2.57. The average Bonchev–Trinajstić information content (AvgIpc) is 2.57. The van der Waals surface area contributed by atoms with E-state index in [9.17, 15) is 4.39 Å². The molecule has 0 saturated carbocycles. The number of rotatable bonds is 2. The van der Waals surface area contributed by atoms with E-state index in [1.54, 1.807) is 0 Å². The maximum Gasteiger partial charge on any atom is 0.124 e. The van der Waals surface area contributed by atoms with Gasteiger partial charge in [-0.2, -0.15) is 0 Å². The Morgan fingerprint density at radius 2 is 2.33 bits per heavy atom. The topological polar surface area (TPSA) is 3.24 Å². The zero-order chi connectivity index (χ0) is 10.8. The van der Waals surface area contributed by atoms with Crippen LogP contribution in [0.15, 0.2) is 22.7 Å². The first-order valence-corrected chi connectivity index (χ1v) is 6.14. The number of likely N-dealkylation sites (tertiary alicyclic amines) is 1. The SMILES string of the molecule is C[C@H]1CCCN1Cc1ccc(F)cc1Br. The van der Waals surface area contributed by atoms with Crippen LogP contribution in [0.1, 0.15) is 25.3 Å². The Morgan fingerprint density at radius 3 is 2.93 bits per heavy atom. The van der Waals surface area contributed by atoms with E-state index in [0.717, 1.165) is 17.6 Å². The van der Waals surface area contributed by atoms with E-state index in [1.807, 2.05) is 6.07 Å². The number of hydrogen-bond acceptors (Lipinski definition) is 1. The molecular formula is C12H15BrFN. The van der Waals surface area contributed by atoms with E-state index >= 15 is 0 Å². The molecule has 1 aromatic carbocycles. The highest BCUT2D eigenvalue weighted by atomic mass is 79.9. The molecule has 0 unspecified atom stereocenters. The van der Waals surface area contributed by atoms with E-state index in [4.69, 9.17) is 0 Å². The van der Waals surface area contributed by atoms with Crippen LogP contribution in [-0.2, 0) is 6.54 Å². The van der Waals surface area contributed by atoms with E-state index in [-0.39, 0.29) is 5.82 Å². The van der Waals surface area contributed by atoms with Crippen LogP contribution in [0.3, 0.4) is 0 Å². The molecule has 0 bridgehead atoms. The van der Waals surface area contributed by atoms with Crippen LogP contribution in [0.4, 0.5) is 4.39 Å². The van der Waals surface area contributed by atoms with Crippen molar-refractivity contribution in [1.82, 2.24) is 4.90 Å². The highest BCUT2D eigenvalue weighted by Gasteiger charge is 2.20. The summed E-state index contributed by atoms with van der Waals surface area (Å²) in [5.74, 6) is -0.180. The molecule has 0 spiro atoms. The van der Waals surface area contributed by atoms with Crippen molar-refractivity contribution >= 4 is 15.9 Å². The van der Waals surface area contributed by atoms with Crippen molar-refractivity contribution in [3.8, 4) is 0 Å². The Labute approximate surface area is 98.4 Å². The van der Waals surface area contributed by atoms with Gasteiger partial charge in [0.1, 0.15) is 5.82 Å². The molecule has 3 heteroatoms. The highest BCUT2D eigenvalue weighted by molar-refractivity contribution is 9.10. The third-order valence-electron chi connectivity index (χ3n) is 3.08. The lowest BCUT2D eigenvalue weighted by Crippen LogP contribution is -2.26. The van der Waals surface area contributed by atoms with Crippen LogP contribution in [0.25, 0.3) is 0 Å². The lowest BCUT2D eigenvalue weighted by molar-refractivity contribution is 0.260. The number of halogens is 2. The van der Waals surface area contributed by atoms with Crippen molar-refractivity contribution < 1.29 is 4.39 Å². The van der Waals surface area contributed by atoms with Crippen molar-refractivity contribution in [2.75, 3.05) is 6.54 Å². The first kappa shape index (κ1) is 11.1. The van der Waals surface area contributed by atoms with Gasteiger partial charge >= 0.3 is 0 Å². The molecule has 0 amide bonds. The fourth-order valence-electron chi connectivity index (χ4n) is 2.10. The van der Waals surface area contributed by atoms with Gasteiger partial charge in [0.2, 0.25) is 0 Å². The normalized spacial score (nSPS) is 22.2. The lowest BCUT2D eigenvalue weighted by Gasteiger charge is -2.21. The molecule has 1 nitrogen and oxygen atoms in total. The van der Waals surface area contributed by atoms with Crippen LogP contribution in [-0.4, -0.2) is 17.5 Å². The molecule has 0 aliphatic carbocycles. The summed E-state index contributed by atoms with van der Waals surface area (Å²) in [6, 6.07) is 5.59. The monoisotopic (exact) mass is 271 g/mol. The van der Waals surface area contributed by atoms with Crippen LogP contribution in [0, 0.1) is 5.82 Å². The molecule has 1 fully saturated rings. The number of nitrogens with zero attached hydrogens (tertiary/aromatic N) is 1. The molecule has 0 radical (unpaired) electrons. The van der Waals surface area contributed by atoms with E-state index < -0.39 is 0 Å². The molecule has 15 heavy (non-hydrogen) atoms. The summed E-state index contributed by atoms with van der Waals surface area (Å²) < 4.78 is 13.8. The summed E-state index contributed by atoms with van der Waals surface area (Å²) in [4.78, 5) is 2.44. The molecule has 1 atom stereocenters. The molecule has 82 valence electrons. The molecule has 1 aliphatic heterocycles. The largest absolute Gasteiger partial charge is 0.296 e. The van der Waals surface area contributed by atoms with Crippen molar-refractivity contribution in [3.05, 3.63) is 34.1 Å². The lowest BCUT2D eigenvalue weighted by atomic mass is 10.2. The van der Waals surface area contributed by atoms with Crippen molar-refractivity contribution in [3.63, 3.8) is 0 Å². The molecule has 1 aliphatic rings. The summed E-state index contributed by atoms with van der Waals surface area (Å²) in [5.41, 5.74) is 1.17. The Morgan fingerprint density at radius 1 is 1.53 bits per heavy atom. The molecule has 1 saturated heterocycles. The second-order valence-corrected chi connectivity index (χ2v) is 5.05. The Balaban J connectivity index is 2.10. The minimum atomic E-state index is -0.180. The molecule has 1 heterocycles. The second kappa shape index (κ2) is 4.62. The third-order valence-corrected chi connectivity index (χ3v) is 3.82. The zero-order valence-electron chi connectivity index (χ0n) is 8.84. The summed E-state index contributed by atoms with van der Waals surface area (Å²) in [7, 11) is 0. The van der Waals surface area contributed by atoms with Gasteiger partial charge in [-0.15, -0.1) is 0 Å². The van der Waals surface area contributed by atoms with Gasteiger partial charge in [0.15, 0.2) is 0 Å². The van der Waals surface area contributed by atoms with Gasteiger partial charge in [0.25, 0.3) is 0 Å². The van der Waals surface area contributed by atoms with Crippen LogP contribution >= 0.6 is 15.9 Å². The number of hydrogen-bond donors (Lipinski definition) is 0. The molecule has 2 rings (SSSR count). The quantitative estimate of drug-likeness (QED) is 0.795. The summed E-state index contributed by atoms with van der Waals surface area (Å²) >= 11 is 3.41. The standard InChI is InChI=1S/C12H15BrFN/c1-9-3-2-6-15(9)8-10-4-5-11(14)7-12(10)13/h4-5,7,9H,2-3,6,8H2,1H3/t9-/m0/s1.